The van der Waals surface area contributed by atoms with Crippen LogP contribution < -0.4 is 0 Å². The summed E-state index contributed by atoms with van der Waals surface area (Å²) in [6.07, 6.45) is 5.70. The molecule has 0 spiro atoms. The van der Waals surface area contributed by atoms with E-state index in [0.717, 1.165) is 18.6 Å². The molecule has 1 heteroatoms. The number of rotatable bonds is 4. The van der Waals surface area contributed by atoms with Gasteiger partial charge in [0.1, 0.15) is 0 Å². The largest absolute Gasteiger partial charge is 0.179 e. The first-order valence-electron chi connectivity index (χ1n) is 3.98. The lowest BCUT2D eigenvalue weighted by Crippen LogP contribution is -1.74. The number of thiol groups is 1. The molecule has 0 nitrogen and oxygen atoms in total. The zero-order valence-corrected chi connectivity index (χ0v) is 7.58. The van der Waals surface area contributed by atoms with E-state index < -0.39 is 0 Å². The highest BCUT2D eigenvalue weighted by Gasteiger charge is 1.80. The Hall–Kier alpha value is -0.0900. The normalized spacial score (nSPS) is 8.60. The lowest BCUT2D eigenvalue weighted by atomic mass is 10.2. The standard InChI is InChI=1S/C9H16S/c1-2-3-4-5-6-7-8-9-10/h10H,2-3,6-9H2,1H3. The van der Waals surface area contributed by atoms with Gasteiger partial charge in [-0.3, -0.25) is 0 Å². The fraction of sp³-hybridized carbons (Fsp3) is 0.778. The van der Waals surface area contributed by atoms with Gasteiger partial charge in [0, 0.05) is 12.8 Å². The molecule has 0 atom stereocenters. The van der Waals surface area contributed by atoms with Gasteiger partial charge in [-0.25, -0.2) is 0 Å². The molecule has 0 aromatic rings. The lowest BCUT2D eigenvalue weighted by Gasteiger charge is -1.87. The Morgan fingerprint density at radius 2 is 1.80 bits per heavy atom. The molecule has 0 saturated carbocycles. The van der Waals surface area contributed by atoms with Crippen molar-refractivity contribution < 1.29 is 0 Å². The Morgan fingerprint density at radius 3 is 2.40 bits per heavy atom. The van der Waals surface area contributed by atoms with E-state index in [2.05, 4.69) is 31.4 Å². The van der Waals surface area contributed by atoms with Crippen molar-refractivity contribution in [3.8, 4) is 11.8 Å². The molecule has 0 radical (unpaired) electrons. The average molecular weight is 156 g/mol. The van der Waals surface area contributed by atoms with E-state index in [1.54, 1.807) is 0 Å². The van der Waals surface area contributed by atoms with E-state index in [-0.39, 0.29) is 0 Å². The van der Waals surface area contributed by atoms with Crippen molar-refractivity contribution in [2.24, 2.45) is 0 Å². The first kappa shape index (κ1) is 9.91. The van der Waals surface area contributed by atoms with Gasteiger partial charge >= 0.3 is 0 Å². The molecule has 0 aliphatic heterocycles. The van der Waals surface area contributed by atoms with Crippen LogP contribution in [-0.2, 0) is 0 Å². The molecule has 0 aliphatic carbocycles. The summed E-state index contributed by atoms with van der Waals surface area (Å²) < 4.78 is 0. The highest BCUT2D eigenvalue weighted by Crippen LogP contribution is 1.95. The predicted molar refractivity (Wildman–Crippen MR) is 50.4 cm³/mol. The Labute approximate surface area is 69.8 Å². The van der Waals surface area contributed by atoms with Crippen LogP contribution in [0, 0.1) is 11.8 Å². The summed E-state index contributed by atoms with van der Waals surface area (Å²) in [7, 11) is 0. The highest BCUT2D eigenvalue weighted by molar-refractivity contribution is 7.80. The van der Waals surface area contributed by atoms with Gasteiger partial charge in [0.05, 0.1) is 0 Å². The van der Waals surface area contributed by atoms with Crippen LogP contribution in [0.25, 0.3) is 0 Å². The third-order valence-corrected chi connectivity index (χ3v) is 1.53. The summed E-state index contributed by atoms with van der Waals surface area (Å²) in [4.78, 5) is 0. The molecule has 0 saturated heterocycles. The van der Waals surface area contributed by atoms with Crippen LogP contribution in [0.15, 0.2) is 0 Å². The minimum atomic E-state index is 0.995. The molecule has 0 bridgehead atoms. The molecule has 0 aliphatic rings. The smallest absolute Gasteiger partial charge is 0.00889 e. The van der Waals surface area contributed by atoms with Crippen molar-refractivity contribution >= 4 is 12.6 Å². The van der Waals surface area contributed by atoms with Crippen molar-refractivity contribution in [2.75, 3.05) is 5.75 Å². The maximum Gasteiger partial charge on any atom is 0.00889 e. The second-order valence-electron chi connectivity index (χ2n) is 2.28. The first-order valence-corrected chi connectivity index (χ1v) is 4.61. The fourth-order valence-electron chi connectivity index (χ4n) is 0.627. The second-order valence-corrected chi connectivity index (χ2v) is 2.73. The van der Waals surface area contributed by atoms with Gasteiger partial charge < -0.3 is 0 Å². The summed E-state index contributed by atoms with van der Waals surface area (Å²) in [5.74, 6) is 7.25. The molecule has 0 aromatic carbocycles. The van der Waals surface area contributed by atoms with E-state index in [1.807, 2.05) is 0 Å². The van der Waals surface area contributed by atoms with E-state index >= 15 is 0 Å². The van der Waals surface area contributed by atoms with Gasteiger partial charge in [0.15, 0.2) is 0 Å². The maximum atomic E-state index is 4.12. The zero-order valence-electron chi connectivity index (χ0n) is 6.69. The number of hydrogen-bond acceptors (Lipinski definition) is 1. The molecule has 0 aromatic heterocycles. The van der Waals surface area contributed by atoms with E-state index in [0.29, 0.717) is 0 Å². The Morgan fingerprint density at radius 1 is 1.10 bits per heavy atom. The zero-order chi connectivity index (χ0) is 7.66. The van der Waals surface area contributed by atoms with Gasteiger partial charge in [0.25, 0.3) is 0 Å². The number of unbranched alkanes of at least 4 members (excludes halogenated alkanes) is 3. The Kier molecular flexibility index (Phi) is 8.83. The van der Waals surface area contributed by atoms with E-state index in [1.165, 1.54) is 19.3 Å². The van der Waals surface area contributed by atoms with Crippen molar-refractivity contribution in [1.82, 2.24) is 0 Å². The minimum absolute atomic E-state index is 0.995. The van der Waals surface area contributed by atoms with E-state index in [9.17, 15) is 0 Å². The highest BCUT2D eigenvalue weighted by atomic mass is 32.1. The van der Waals surface area contributed by atoms with Gasteiger partial charge in [-0.1, -0.05) is 6.92 Å². The molecule has 0 N–H and O–H groups in total. The van der Waals surface area contributed by atoms with Gasteiger partial charge in [0.2, 0.25) is 0 Å². The van der Waals surface area contributed by atoms with Crippen molar-refractivity contribution in [1.29, 1.82) is 0 Å². The Bertz CT molecular complexity index is 108. The van der Waals surface area contributed by atoms with Crippen LogP contribution in [-0.4, -0.2) is 5.75 Å². The van der Waals surface area contributed by atoms with E-state index in [4.69, 9.17) is 0 Å². The van der Waals surface area contributed by atoms with Crippen molar-refractivity contribution in [2.45, 2.75) is 39.0 Å². The molecular weight excluding hydrogens is 140 g/mol. The quantitative estimate of drug-likeness (QED) is 0.361. The minimum Gasteiger partial charge on any atom is -0.179 e. The van der Waals surface area contributed by atoms with Gasteiger partial charge in [-0.2, -0.15) is 12.6 Å². The molecule has 0 fully saturated rings. The van der Waals surface area contributed by atoms with Gasteiger partial charge in [-0.05, 0) is 25.0 Å². The summed E-state index contributed by atoms with van der Waals surface area (Å²) in [5, 5.41) is 0. The molecular formula is C9H16S. The Balaban J connectivity index is 2.96. The summed E-state index contributed by atoms with van der Waals surface area (Å²) in [6.45, 7) is 2.16. The van der Waals surface area contributed by atoms with Crippen molar-refractivity contribution in [3.05, 3.63) is 0 Å². The molecule has 0 unspecified atom stereocenters. The lowest BCUT2D eigenvalue weighted by molar-refractivity contribution is 0.837. The van der Waals surface area contributed by atoms with Gasteiger partial charge in [-0.15, -0.1) is 11.8 Å². The molecule has 0 heterocycles. The fourth-order valence-corrected chi connectivity index (χ4v) is 0.851. The third kappa shape index (κ3) is 7.91. The SMILES string of the molecule is CCCC#CCCCCS. The molecule has 0 rings (SSSR count). The third-order valence-electron chi connectivity index (χ3n) is 1.21. The van der Waals surface area contributed by atoms with Crippen molar-refractivity contribution in [3.63, 3.8) is 0 Å². The number of hydrogen-bond donors (Lipinski definition) is 1. The van der Waals surface area contributed by atoms with Crippen LogP contribution in [0.4, 0.5) is 0 Å². The summed E-state index contributed by atoms with van der Waals surface area (Å²) in [6, 6.07) is 0. The van der Waals surface area contributed by atoms with Crippen LogP contribution in [0.2, 0.25) is 0 Å². The van der Waals surface area contributed by atoms with Crippen LogP contribution in [0.1, 0.15) is 39.0 Å². The second kappa shape index (κ2) is 8.91. The van der Waals surface area contributed by atoms with Crippen LogP contribution >= 0.6 is 12.6 Å². The van der Waals surface area contributed by atoms with Crippen LogP contribution in [0.3, 0.4) is 0 Å². The average Bonchev–Trinajstić information content (AvgIpc) is 1.97. The molecule has 10 heavy (non-hydrogen) atoms. The van der Waals surface area contributed by atoms with Crippen LogP contribution in [0.5, 0.6) is 0 Å². The molecule has 58 valence electrons. The maximum absolute atomic E-state index is 4.12. The summed E-state index contributed by atoms with van der Waals surface area (Å²) >= 11 is 4.12. The first-order chi connectivity index (χ1) is 4.91. The summed E-state index contributed by atoms with van der Waals surface area (Å²) in [5.41, 5.74) is 0. The molecule has 0 amide bonds. The predicted octanol–water partition coefficient (Wildman–Crippen LogP) is 2.89. The monoisotopic (exact) mass is 156 g/mol. The topological polar surface area (TPSA) is 0 Å².